The molecule has 10 heteroatoms. The van der Waals surface area contributed by atoms with Crippen molar-refractivity contribution in [2.75, 3.05) is 13.2 Å². The van der Waals surface area contributed by atoms with Crippen molar-refractivity contribution < 1.29 is 19.4 Å². The Balaban J connectivity index is 1.81. The van der Waals surface area contributed by atoms with Gasteiger partial charge in [-0.15, -0.1) is 0 Å². The highest BCUT2D eigenvalue weighted by Crippen LogP contribution is 2.43. The molecule has 0 aromatic heterocycles. The van der Waals surface area contributed by atoms with Gasteiger partial charge in [0, 0.05) is 36.0 Å². The Morgan fingerprint density at radius 1 is 1.12 bits per heavy atom. The lowest BCUT2D eigenvalue weighted by atomic mass is 9.81. The van der Waals surface area contributed by atoms with E-state index in [-0.39, 0.29) is 31.5 Å². The minimum absolute atomic E-state index is 0.00224. The van der Waals surface area contributed by atoms with Crippen molar-refractivity contribution in [1.29, 1.82) is 0 Å². The van der Waals surface area contributed by atoms with Crippen LogP contribution in [0.3, 0.4) is 0 Å². The van der Waals surface area contributed by atoms with Crippen molar-refractivity contribution in [3.8, 4) is 5.75 Å². The number of nitrogens with zero attached hydrogens (tertiary/aromatic N) is 4. The molecule has 1 amide bonds. The Hall–Kier alpha value is -4.37. The van der Waals surface area contributed by atoms with Crippen molar-refractivity contribution >= 4 is 11.8 Å². The van der Waals surface area contributed by atoms with Gasteiger partial charge in [-0.2, -0.15) is 0 Å². The first-order valence-corrected chi connectivity index (χ1v) is 13.3. The van der Waals surface area contributed by atoms with Crippen LogP contribution in [-0.2, 0) is 22.5 Å². The molecular formula is C30H34N6O4. The fraction of sp³-hybridized carbons (Fsp3) is 0.333. The Morgan fingerprint density at radius 2 is 1.85 bits per heavy atom. The highest BCUT2D eigenvalue weighted by molar-refractivity contribution is 6.01. The first-order valence-electron chi connectivity index (χ1n) is 13.3. The zero-order valence-electron chi connectivity index (χ0n) is 22.7. The van der Waals surface area contributed by atoms with Gasteiger partial charge in [0.25, 0.3) is 5.91 Å². The van der Waals surface area contributed by atoms with Crippen molar-refractivity contribution in [3.05, 3.63) is 112 Å². The van der Waals surface area contributed by atoms with Gasteiger partial charge in [-0.05, 0) is 60.3 Å². The number of carbonyl (C=O) groups excluding carboxylic acids is 1. The molecule has 40 heavy (non-hydrogen) atoms. The summed E-state index contributed by atoms with van der Waals surface area (Å²) >= 11 is 0. The molecule has 0 bridgehead atoms. The molecule has 0 saturated heterocycles. The number of carbonyl (C=O) groups is 1. The van der Waals surface area contributed by atoms with E-state index in [1.165, 1.54) is 0 Å². The third kappa shape index (κ3) is 6.79. The zero-order chi connectivity index (χ0) is 28.4. The van der Waals surface area contributed by atoms with Crippen LogP contribution in [0.15, 0.2) is 89.0 Å². The van der Waals surface area contributed by atoms with E-state index in [2.05, 4.69) is 20.9 Å². The lowest BCUT2D eigenvalue weighted by Gasteiger charge is -2.32. The van der Waals surface area contributed by atoms with Gasteiger partial charge in [0.05, 0.1) is 13.2 Å². The Morgan fingerprint density at radius 3 is 2.55 bits per heavy atom. The number of hydrogen-bond donors (Lipinski definition) is 3. The van der Waals surface area contributed by atoms with Crippen molar-refractivity contribution in [1.82, 2.24) is 10.9 Å². The summed E-state index contributed by atoms with van der Waals surface area (Å²) in [6.45, 7) is 4.43. The number of azide groups is 1. The van der Waals surface area contributed by atoms with Crippen LogP contribution in [0.2, 0.25) is 0 Å². The van der Waals surface area contributed by atoms with E-state index >= 15 is 0 Å². The average molecular weight is 543 g/mol. The van der Waals surface area contributed by atoms with Gasteiger partial charge in [-0.1, -0.05) is 59.7 Å². The van der Waals surface area contributed by atoms with E-state index in [1.54, 1.807) is 12.1 Å². The second-order valence-corrected chi connectivity index (χ2v) is 9.79. The van der Waals surface area contributed by atoms with Gasteiger partial charge in [0.15, 0.2) is 11.6 Å². The quantitative estimate of drug-likeness (QED) is 0.0937. The first kappa shape index (κ1) is 28.6. The fourth-order valence-corrected chi connectivity index (χ4v) is 4.53. The molecule has 0 spiro atoms. The molecule has 1 heterocycles. The molecule has 0 unspecified atom stereocenters. The third-order valence-electron chi connectivity index (χ3n) is 6.46. The molecule has 3 aromatic carbocycles. The number of aliphatic imine (C=N–C) groups is 1. The second kappa shape index (κ2) is 13.6. The average Bonchev–Trinajstić information content (AvgIpc) is 3.36. The van der Waals surface area contributed by atoms with E-state index in [1.807, 2.05) is 80.6 Å². The number of rotatable bonds is 13. The summed E-state index contributed by atoms with van der Waals surface area (Å²) in [5, 5.41) is 12.8. The lowest BCUT2D eigenvalue weighted by Crippen LogP contribution is -2.55. The minimum atomic E-state index is -1.37. The molecular weight excluding hydrogens is 508 g/mol. The molecule has 208 valence electrons. The number of aliphatic hydroxyl groups is 1. The van der Waals surface area contributed by atoms with E-state index in [0.717, 1.165) is 11.1 Å². The predicted octanol–water partition coefficient (Wildman–Crippen LogP) is 4.79. The van der Waals surface area contributed by atoms with Gasteiger partial charge in [-0.25, -0.2) is 10.4 Å². The van der Waals surface area contributed by atoms with Crippen molar-refractivity contribution in [2.45, 2.75) is 50.9 Å². The molecule has 0 fully saturated rings. The van der Waals surface area contributed by atoms with Crippen LogP contribution in [0.25, 0.3) is 10.4 Å². The summed E-state index contributed by atoms with van der Waals surface area (Å²) in [5.74, 6) is 0.634. The number of hydrazine groups is 1. The maximum atomic E-state index is 14.1. The summed E-state index contributed by atoms with van der Waals surface area (Å²) in [5.41, 5.74) is 16.5. The minimum Gasteiger partial charge on any atom is -0.494 e. The maximum Gasteiger partial charge on any atom is 0.266 e. The molecule has 0 saturated carbocycles. The molecule has 0 radical (unpaired) electrons. The summed E-state index contributed by atoms with van der Waals surface area (Å²) in [7, 11) is 0. The van der Waals surface area contributed by atoms with Crippen LogP contribution in [-0.4, -0.2) is 41.7 Å². The number of aliphatic hydroxyl groups excluding tert-OH is 1. The summed E-state index contributed by atoms with van der Waals surface area (Å²) < 4.78 is 12.2. The number of benzene rings is 3. The summed E-state index contributed by atoms with van der Waals surface area (Å²) in [6.07, 6.45) is 0.00392. The SMILES string of the molecule is CC(C)NNC(=O)[C@@]1(Cc2ccccc2)N=C(c2ccc(OCCCO)cc2)O[C@H]1c1ccccc1CN=[N+]=[N-]. The number of ether oxygens (including phenoxy) is 2. The molecule has 1 aliphatic rings. The number of nitrogens with one attached hydrogen (secondary N) is 2. The van der Waals surface area contributed by atoms with Gasteiger partial charge >= 0.3 is 0 Å². The third-order valence-corrected chi connectivity index (χ3v) is 6.46. The molecule has 1 aliphatic heterocycles. The normalized spacial score (nSPS) is 18.0. The summed E-state index contributed by atoms with van der Waals surface area (Å²) in [6, 6.07) is 24.4. The summed E-state index contributed by atoms with van der Waals surface area (Å²) in [4.78, 5) is 22.0. The fourth-order valence-electron chi connectivity index (χ4n) is 4.53. The van der Waals surface area contributed by atoms with E-state index < -0.39 is 11.6 Å². The van der Waals surface area contributed by atoms with Crippen LogP contribution in [0, 0.1) is 0 Å². The van der Waals surface area contributed by atoms with E-state index in [4.69, 9.17) is 25.1 Å². The van der Waals surface area contributed by atoms with Crippen LogP contribution in [0.1, 0.15) is 48.6 Å². The molecule has 4 rings (SSSR count). The Kier molecular flexibility index (Phi) is 9.75. The van der Waals surface area contributed by atoms with Crippen LogP contribution >= 0.6 is 0 Å². The van der Waals surface area contributed by atoms with E-state index in [0.29, 0.717) is 35.8 Å². The number of hydrogen-bond acceptors (Lipinski definition) is 7. The van der Waals surface area contributed by atoms with Crippen molar-refractivity contribution in [3.63, 3.8) is 0 Å². The molecule has 0 aliphatic carbocycles. The lowest BCUT2D eigenvalue weighted by molar-refractivity contribution is -0.130. The highest BCUT2D eigenvalue weighted by Gasteiger charge is 2.53. The van der Waals surface area contributed by atoms with Crippen LogP contribution < -0.4 is 15.6 Å². The largest absolute Gasteiger partial charge is 0.494 e. The monoisotopic (exact) mass is 542 g/mol. The van der Waals surface area contributed by atoms with E-state index in [9.17, 15) is 4.79 Å². The van der Waals surface area contributed by atoms with Crippen LogP contribution in [0.4, 0.5) is 0 Å². The van der Waals surface area contributed by atoms with Crippen molar-refractivity contribution in [2.24, 2.45) is 10.1 Å². The number of amides is 1. The standard InChI is InChI=1S/C30H34N6O4/c1-21(2)34-35-29(38)30(19-22-9-4-3-5-10-22)27(26-12-7-6-11-24(26)20-32-36-31)40-28(33-30)23-13-15-25(16-14-23)39-18-8-17-37/h3-7,9-16,21,27,34,37H,8,17-20H2,1-2H3,(H,35,38)/t27-,30-/m0/s1. The first-order chi connectivity index (χ1) is 19.5. The van der Waals surface area contributed by atoms with Gasteiger partial charge in [-0.3, -0.25) is 10.2 Å². The molecule has 10 nitrogen and oxygen atoms in total. The second-order valence-electron chi connectivity index (χ2n) is 9.79. The van der Waals surface area contributed by atoms with Gasteiger partial charge in [0.1, 0.15) is 5.75 Å². The molecule has 3 aromatic rings. The molecule has 2 atom stereocenters. The van der Waals surface area contributed by atoms with Crippen LogP contribution in [0.5, 0.6) is 5.75 Å². The zero-order valence-corrected chi connectivity index (χ0v) is 22.7. The maximum absolute atomic E-state index is 14.1. The predicted molar refractivity (Wildman–Crippen MR) is 153 cm³/mol. The van der Waals surface area contributed by atoms with Gasteiger partial charge in [0.2, 0.25) is 5.90 Å². The molecule has 3 N–H and O–H groups in total. The highest BCUT2D eigenvalue weighted by atomic mass is 16.5. The smallest absolute Gasteiger partial charge is 0.266 e. The van der Waals surface area contributed by atoms with Gasteiger partial charge < -0.3 is 14.6 Å². The Bertz CT molecular complexity index is 1360. The Labute approximate surface area is 233 Å². The topological polar surface area (TPSA) is 141 Å².